The molecule has 0 bridgehead atoms. The van der Waals surface area contributed by atoms with Gasteiger partial charge >= 0.3 is 6.03 Å². The molecule has 0 saturated heterocycles. The monoisotopic (exact) mass is 381 g/mol. The quantitative estimate of drug-likeness (QED) is 0.383. The van der Waals surface area contributed by atoms with Crippen molar-refractivity contribution in [3.05, 3.63) is 96.6 Å². The van der Waals surface area contributed by atoms with Crippen LogP contribution in [0.2, 0.25) is 0 Å². The Hall–Kier alpha value is -4.12. The van der Waals surface area contributed by atoms with Gasteiger partial charge in [-0.05, 0) is 47.2 Å². The van der Waals surface area contributed by atoms with Gasteiger partial charge in [-0.2, -0.15) is 0 Å². The third-order valence-electron chi connectivity index (χ3n) is 4.43. The van der Waals surface area contributed by atoms with Crippen molar-refractivity contribution in [2.45, 2.75) is 0 Å². The molecule has 29 heavy (non-hydrogen) atoms. The average Bonchev–Trinajstić information content (AvgIpc) is 2.74. The van der Waals surface area contributed by atoms with E-state index in [0.29, 0.717) is 22.6 Å². The van der Waals surface area contributed by atoms with Gasteiger partial charge in [-0.25, -0.2) is 4.79 Å². The molecular weight excluding hydrogens is 362 g/mol. The Kier molecular flexibility index (Phi) is 5.21. The van der Waals surface area contributed by atoms with Crippen molar-refractivity contribution in [2.24, 2.45) is 4.99 Å². The van der Waals surface area contributed by atoms with E-state index in [0.717, 1.165) is 10.8 Å². The van der Waals surface area contributed by atoms with Gasteiger partial charge in [-0.3, -0.25) is 4.99 Å². The zero-order valence-corrected chi connectivity index (χ0v) is 15.5. The number of amides is 2. The fourth-order valence-corrected chi connectivity index (χ4v) is 3.04. The van der Waals surface area contributed by atoms with Crippen molar-refractivity contribution in [3.8, 4) is 5.75 Å². The van der Waals surface area contributed by atoms with E-state index in [1.165, 1.54) is 0 Å². The maximum absolute atomic E-state index is 12.2. The second-order valence-corrected chi connectivity index (χ2v) is 6.47. The summed E-state index contributed by atoms with van der Waals surface area (Å²) in [4.78, 5) is 16.7. The molecule has 0 heterocycles. The second kappa shape index (κ2) is 8.27. The molecule has 0 aromatic heterocycles. The highest BCUT2D eigenvalue weighted by Gasteiger charge is 2.05. The van der Waals surface area contributed by atoms with Crippen molar-refractivity contribution in [2.75, 3.05) is 10.6 Å². The number of benzene rings is 4. The molecule has 4 rings (SSSR count). The number of rotatable bonds is 4. The van der Waals surface area contributed by atoms with E-state index in [1.54, 1.807) is 24.4 Å². The number of urea groups is 1. The Labute approximate surface area is 168 Å². The van der Waals surface area contributed by atoms with Gasteiger partial charge in [0.25, 0.3) is 0 Å². The summed E-state index contributed by atoms with van der Waals surface area (Å²) < 4.78 is 0. The Balaban J connectivity index is 1.52. The van der Waals surface area contributed by atoms with Crippen LogP contribution in [-0.2, 0) is 0 Å². The first-order valence-electron chi connectivity index (χ1n) is 9.17. The van der Waals surface area contributed by atoms with Gasteiger partial charge in [-0.1, -0.05) is 54.6 Å². The van der Waals surface area contributed by atoms with E-state index >= 15 is 0 Å². The topological polar surface area (TPSA) is 73.7 Å². The zero-order chi connectivity index (χ0) is 20.1. The number of fused-ring (bicyclic) bond motifs is 1. The lowest BCUT2D eigenvalue weighted by atomic mass is 10.0. The lowest BCUT2D eigenvalue weighted by Crippen LogP contribution is -2.19. The summed E-state index contributed by atoms with van der Waals surface area (Å²) >= 11 is 0. The molecule has 0 unspecified atom stereocenters. The molecule has 142 valence electrons. The van der Waals surface area contributed by atoms with Crippen LogP contribution in [0.1, 0.15) is 5.56 Å². The second-order valence-electron chi connectivity index (χ2n) is 6.47. The largest absolute Gasteiger partial charge is 0.507 e. The summed E-state index contributed by atoms with van der Waals surface area (Å²) in [7, 11) is 0. The van der Waals surface area contributed by atoms with Gasteiger partial charge in [0.15, 0.2) is 0 Å². The minimum atomic E-state index is -0.330. The van der Waals surface area contributed by atoms with Crippen LogP contribution in [0.25, 0.3) is 10.8 Å². The fraction of sp³-hybridized carbons (Fsp3) is 0. The highest BCUT2D eigenvalue weighted by molar-refractivity contribution is 6.03. The molecule has 0 aliphatic carbocycles. The molecule has 0 spiro atoms. The first-order chi connectivity index (χ1) is 14.2. The molecule has 4 aromatic rings. The summed E-state index contributed by atoms with van der Waals surface area (Å²) in [5.74, 6) is 0.170. The van der Waals surface area contributed by atoms with E-state index in [9.17, 15) is 9.90 Å². The third-order valence-corrected chi connectivity index (χ3v) is 4.43. The first-order valence-corrected chi connectivity index (χ1v) is 9.17. The molecule has 4 aromatic carbocycles. The van der Waals surface area contributed by atoms with Gasteiger partial charge in [-0.15, -0.1) is 0 Å². The molecule has 5 heteroatoms. The Morgan fingerprint density at radius 3 is 2.38 bits per heavy atom. The highest BCUT2D eigenvalue weighted by atomic mass is 16.3. The number of para-hydroxylation sites is 1. The number of phenols is 1. The molecule has 2 amide bonds. The van der Waals surface area contributed by atoms with Crippen LogP contribution in [0.15, 0.2) is 96.0 Å². The van der Waals surface area contributed by atoms with Crippen LogP contribution in [0, 0.1) is 0 Å². The number of nitrogens with zero attached hydrogens (tertiary/aromatic N) is 1. The predicted octanol–water partition coefficient (Wildman–Crippen LogP) is 5.94. The smallest absolute Gasteiger partial charge is 0.323 e. The number of nitrogens with one attached hydrogen (secondary N) is 2. The van der Waals surface area contributed by atoms with Crippen LogP contribution in [0.3, 0.4) is 0 Å². The van der Waals surface area contributed by atoms with E-state index in [1.807, 2.05) is 72.8 Å². The normalized spacial score (nSPS) is 10.9. The van der Waals surface area contributed by atoms with Crippen molar-refractivity contribution in [1.29, 1.82) is 0 Å². The summed E-state index contributed by atoms with van der Waals surface area (Å²) in [6.45, 7) is 0. The maximum Gasteiger partial charge on any atom is 0.323 e. The highest BCUT2D eigenvalue weighted by Crippen LogP contribution is 2.26. The van der Waals surface area contributed by atoms with Crippen LogP contribution >= 0.6 is 0 Å². The van der Waals surface area contributed by atoms with Crippen molar-refractivity contribution < 1.29 is 9.90 Å². The van der Waals surface area contributed by atoms with E-state index in [4.69, 9.17) is 0 Å². The van der Waals surface area contributed by atoms with Gasteiger partial charge in [0.2, 0.25) is 0 Å². The third kappa shape index (κ3) is 4.42. The first kappa shape index (κ1) is 18.3. The molecule has 0 atom stereocenters. The fourth-order valence-electron chi connectivity index (χ4n) is 3.04. The number of anilines is 2. The molecule has 0 radical (unpaired) electrons. The minimum absolute atomic E-state index is 0.170. The summed E-state index contributed by atoms with van der Waals surface area (Å²) in [5, 5.41) is 17.8. The molecule has 0 saturated carbocycles. The van der Waals surface area contributed by atoms with E-state index < -0.39 is 0 Å². The Morgan fingerprint density at radius 1 is 0.793 bits per heavy atom. The van der Waals surface area contributed by atoms with Crippen LogP contribution < -0.4 is 10.6 Å². The molecule has 0 aliphatic heterocycles. The molecule has 5 nitrogen and oxygen atoms in total. The number of aromatic hydroxyl groups is 1. The number of carbonyl (C=O) groups excluding carboxylic acids is 1. The van der Waals surface area contributed by atoms with Crippen molar-refractivity contribution in [1.82, 2.24) is 0 Å². The van der Waals surface area contributed by atoms with Crippen molar-refractivity contribution >= 4 is 40.1 Å². The van der Waals surface area contributed by atoms with Crippen LogP contribution in [0.4, 0.5) is 21.9 Å². The Bertz CT molecular complexity index is 1190. The molecule has 0 aliphatic rings. The predicted molar refractivity (Wildman–Crippen MR) is 118 cm³/mol. The number of hydrogen-bond donors (Lipinski definition) is 3. The van der Waals surface area contributed by atoms with Crippen molar-refractivity contribution in [3.63, 3.8) is 0 Å². The molecular formula is C24H19N3O2. The average molecular weight is 381 g/mol. The molecule has 3 N–H and O–H groups in total. The van der Waals surface area contributed by atoms with Gasteiger partial charge in [0.1, 0.15) is 5.75 Å². The number of aliphatic imine (C=N–C) groups is 1. The van der Waals surface area contributed by atoms with Gasteiger partial charge < -0.3 is 15.7 Å². The zero-order valence-electron chi connectivity index (χ0n) is 15.5. The standard InChI is InChI=1S/C24H19N3O2/c28-23-14-13-17-7-4-5-12-21(17)22(23)16-25-19-10-6-11-20(15-19)27-24(29)26-18-8-2-1-3-9-18/h1-16,28H,(H2,26,27,29). The Morgan fingerprint density at radius 2 is 1.52 bits per heavy atom. The van der Waals surface area contributed by atoms with E-state index in [-0.39, 0.29) is 11.8 Å². The van der Waals surface area contributed by atoms with E-state index in [2.05, 4.69) is 15.6 Å². The number of hydrogen-bond acceptors (Lipinski definition) is 3. The summed E-state index contributed by atoms with van der Waals surface area (Å²) in [5.41, 5.74) is 2.65. The van der Waals surface area contributed by atoms with Crippen LogP contribution in [-0.4, -0.2) is 17.4 Å². The van der Waals surface area contributed by atoms with Crippen LogP contribution in [0.5, 0.6) is 5.75 Å². The SMILES string of the molecule is O=C(Nc1ccccc1)Nc1cccc(N=Cc2c(O)ccc3ccccc23)c1. The lowest BCUT2D eigenvalue weighted by Gasteiger charge is -2.08. The lowest BCUT2D eigenvalue weighted by molar-refractivity contribution is 0.262. The number of phenolic OH excluding ortho intramolecular Hbond substituents is 1. The minimum Gasteiger partial charge on any atom is -0.507 e. The summed E-state index contributed by atoms with van der Waals surface area (Å²) in [6, 6.07) is 27.5. The summed E-state index contributed by atoms with van der Waals surface area (Å²) in [6.07, 6.45) is 1.64. The van der Waals surface area contributed by atoms with Gasteiger partial charge in [0.05, 0.1) is 5.69 Å². The molecule has 0 fully saturated rings. The number of carbonyl (C=O) groups is 1. The maximum atomic E-state index is 12.2. The van der Waals surface area contributed by atoms with Gasteiger partial charge in [0, 0.05) is 23.2 Å².